The SMILES string of the molecule is CCN(CC)S(=O)(=O)c1ccc(/C=C/C(=O)NCc2ccc(F)cc2)cc1. The fraction of sp³-hybridized carbons (Fsp3) is 0.250. The van der Waals surface area contributed by atoms with E-state index in [0.717, 1.165) is 5.56 Å². The lowest BCUT2D eigenvalue weighted by molar-refractivity contribution is -0.116. The van der Waals surface area contributed by atoms with Crippen molar-refractivity contribution in [1.82, 2.24) is 9.62 Å². The van der Waals surface area contributed by atoms with Gasteiger partial charge >= 0.3 is 0 Å². The molecular formula is C20H23FN2O3S. The summed E-state index contributed by atoms with van der Waals surface area (Å²) in [5.74, 6) is -0.615. The van der Waals surface area contributed by atoms with Gasteiger partial charge in [-0.15, -0.1) is 0 Å². The van der Waals surface area contributed by atoms with Gasteiger partial charge in [-0.05, 0) is 41.5 Å². The molecule has 2 aromatic rings. The van der Waals surface area contributed by atoms with Crippen LogP contribution in [0.1, 0.15) is 25.0 Å². The third-order valence-electron chi connectivity index (χ3n) is 4.03. The molecule has 2 aromatic carbocycles. The molecule has 0 aromatic heterocycles. The largest absolute Gasteiger partial charge is 0.348 e. The van der Waals surface area contributed by atoms with Crippen molar-refractivity contribution in [3.8, 4) is 0 Å². The van der Waals surface area contributed by atoms with Gasteiger partial charge < -0.3 is 5.32 Å². The van der Waals surface area contributed by atoms with Gasteiger partial charge in [0, 0.05) is 25.7 Å². The Kier molecular flexibility index (Phi) is 7.27. The minimum Gasteiger partial charge on any atom is -0.348 e. The van der Waals surface area contributed by atoms with Gasteiger partial charge in [-0.25, -0.2) is 12.8 Å². The van der Waals surface area contributed by atoms with Crippen LogP contribution in [0.15, 0.2) is 59.5 Å². The fourth-order valence-corrected chi connectivity index (χ4v) is 3.94. The minimum atomic E-state index is -3.49. The molecule has 0 saturated carbocycles. The van der Waals surface area contributed by atoms with E-state index >= 15 is 0 Å². The van der Waals surface area contributed by atoms with E-state index in [2.05, 4.69) is 5.32 Å². The van der Waals surface area contributed by atoms with Crippen molar-refractivity contribution < 1.29 is 17.6 Å². The summed E-state index contributed by atoms with van der Waals surface area (Å²) in [7, 11) is -3.49. The van der Waals surface area contributed by atoms with Gasteiger partial charge in [0.1, 0.15) is 5.82 Å². The third-order valence-corrected chi connectivity index (χ3v) is 6.09. The van der Waals surface area contributed by atoms with Crippen LogP contribution < -0.4 is 5.32 Å². The maximum absolute atomic E-state index is 12.8. The van der Waals surface area contributed by atoms with E-state index in [1.807, 2.05) is 0 Å². The van der Waals surface area contributed by atoms with Crippen LogP contribution in [0.2, 0.25) is 0 Å². The summed E-state index contributed by atoms with van der Waals surface area (Å²) >= 11 is 0. The van der Waals surface area contributed by atoms with Crippen LogP contribution in [0.3, 0.4) is 0 Å². The molecule has 0 radical (unpaired) electrons. The van der Waals surface area contributed by atoms with Crippen LogP contribution in [0.4, 0.5) is 4.39 Å². The zero-order valence-electron chi connectivity index (χ0n) is 15.4. The summed E-state index contributed by atoms with van der Waals surface area (Å²) in [5, 5.41) is 2.70. The number of hydrogen-bond acceptors (Lipinski definition) is 3. The number of rotatable bonds is 8. The van der Waals surface area contributed by atoms with E-state index in [4.69, 9.17) is 0 Å². The van der Waals surface area contributed by atoms with Gasteiger partial charge in [-0.1, -0.05) is 38.1 Å². The zero-order valence-corrected chi connectivity index (χ0v) is 16.2. The maximum atomic E-state index is 12.8. The van der Waals surface area contributed by atoms with E-state index in [1.165, 1.54) is 34.6 Å². The van der Waals surface area contributed by atoms with E-state index in [-0.39, 0.29) is 16.6 Å². The molecule has 0 heterocycles. The fourth-order valence-electron chi connectivity index (χ4n) is 2.49. The molecule has 5 nitrogen and oxygen atoms in total. The highest BCUT2D eigenvalue weighted by atomic mass is 32.2. The number of carbonyl (C=O) groups excluding carboxylic acids is 1. The van der Waals surface area contributed by atoms with Crippen LogP contribution in [-0.2, 0) is 21.4 Å². The second kappa shape index (κ2) is 9.43. The predicted molar refractivity (Wildman–Crippen MR) is 104 cm³/mol. The molecular weight excluding hydrogens is 367 g/mol. The monoisotopic (exact) mass is 390 g/mol. The van der Waals surface area contributed by atoms with Gasteiger partial charge in [-0.2, -0.15) is 4.31 Å². The van der Waals surface area contributed by atoms with Crippen LogP contribution in [-0.4, -0.2) is 31.7 Å². The van der Waals surface area contributed by atoms with E-state index in [1.54, 1.807) is 44.2 Å². The lowest BCUT2D eigenvalue weighted by Gasteiger charge is -2.18. The highest BCUT2D eigenvalue weighted by Crippen LogP contribution is 2.16. The number of halogens is 1. The van der Waals surface area contributed by atoms with E-state index in [9.17, 15) is 17.6 Å². The first kappa shape index (κ1) is 20.8. The first-order valence-corrected chi connectivity index (χ1v) is 10.1. The van der Waals surface area contributed by atoms with Crippen LogP contribution in [0, 0.1) is 5.82 Å². The van der Waals surface area contributed by atoms with Gasteiger partial charge in [-0.3, -0.25) is 4.79 Å². The molecule has 1 amide bonds. The maximum Gasteiger partial charge on any atom is 0.244 e. The van der Waals surface area contributed by atoms with Crippen molar-refractivity contribution in [3.63, 3.8) is 0 Å². The summed E-state index contributed by atoms with van der Waals surface area (Å²) < 4.78 is 39.1. The number of nitrogens with zero attached hydrogens (tertiary/aromatic N) is 1. The van der Waals surface area contributed by atoms with Crippen LogP contribution in [0.5, 0.6) is 0 Å². The highest BCUT2D eigenvalue weighted by molar-refractivity contribution is 7.89. The molecule has 7 heteroatoms. The second-order valence-electron chi connectivity index (χ2n) is 5.84. The average Bonchev–Trinajstić information content (AvgIpc) is 2.67. The summed E-state index contributed by atoms with van der Waals surface area (Å²) in [6, 6.07) is 12.3. The Balaban J connectivity index is 1.97. The zero-order chi connectivity index (χ0) is 19.9. The lowest BCUT2D eigenvalue weighted by Crippen LogP contribution is -2.30. The predicted octanol–water partition coefficient (Wildman–Crippen LogP) is 3.19. The molecule has 27 heavy (non-hydrogen) atoms. The Bertz CT molecular complexity index is 888. The number of hydrogen-bond donors (Lipinski definition) is 1. The van der Waals surface area contributed by atoms with E-state index in [0.29, 0.717) is 25.2 Å². The summed E-state index contributed by atoms with van der Waals surface area (Å²) in [6.07, 6.45) is 2.98. The molecule has 0 atom stereocenters. The molecule has 0 spiro atoms. The molecule has 0 aliphatic heterocycles. The average molecular weight is 390 g/mol. The van der Waals surface area contributed by atoms with Crippen molar-refractivity contribution in [2.75, 3.05) is 13.1 Å². The lowest BCUT2D eigenvalue weighted by atomic mass is 10.2. The minimum absolute atomic E-state index is 0.226. The molecule has 2 rings (SSSR count). The molecule has 0 bridgehead atoms. The first-order valence-electron chi connectivity index (χ1n) is 8.67. The van der Waals surface area contributed by atoms with Crippen molar-refractivity contribution >= 4 is 22.0 Å². The van der Waals surface area contributed by atoms with Crippen LogP contribution >= 0.6 is 0 Å². The Morgan fingerprint density at radius 1 is 1.04 bits per heavy atom. The Morgan fingerprint density at radius 3 is 2.19 bits per heavy atom. The molecule has 0 aliphatic carbocycles. The topological polar surface area (TPSA) is 66.5 Å². The van der Waals surface area contributed by atoms with Crippen molar-refractivity contribution in [2.24, 2.45) is 0 Å². The number of carbonyl (C=O) groups is 1. The molecule has 144 valence electrons. The first-order chi connectivity index (χ1) is 12.9. The van der Waals surface area contributed by atoms with Crippen molar-refractivity contribution in [2.45, 2.75) is 25.3 Å². The number of nitrogens with one attached hydrogen (secondary N) is 1. The second-order valence-corrected chi connectivity index (χ2v) is 7.77. The number of amides is 1. The number of benzene rings is 2. The Hall–Kier alpha value is -2.51. The molecule has 1 N–H and O–H groups in total. The summed E-state index contributed by atoms with van der Waals surface area (Å²) in [5.41, 5.74) is 1.51. The Labute approximate surface area is 159 Å². The molecule has 0 unspecified atom stereocenters. The van der Waals surface area contributed by atoms with Gasteiger partial charge in [0.15, 0.2) is 0 Å². The normalized spacial score (nSPS) is 11.9. The number of sulfonamides is 1. The smallest absolute Gasteiger partial charge is 0.244 e. The van der Waals surface area contributed by atoms with Gasteiger partial charge in [0.2, 0.25) is 15.9 Å². The van der Waals surface area contributed by atoms with Gasteiger partial charge in [0.05, 0.1) is 4.90 Å². The van der Waals surface area contributed by atoms with Crippen molar-refractivity contribution in [1.29, 1.82) is 0 Å². The van der Waals surface area contributed by atoms with Gasteiger partial charge in [0.25, 0.3) is 0 Å². The van der Waals surface area contributed by atoms with Crippen molar-refractivity contribution in [3.05, 3.63) is 71.6 Å². The summed E-state index contributed by atoms with van der Waals surface area (Å²) in [4.78, 5) is 12.1. The Morgan fingerprint density at radius 2 is 1.63 bits per heavy atom. The summed E-state index contributed by atoms with van der Waals surface area (Å²) in [6.45, 7) is 4.71. The highest BCUT2D eigenvalue weighted by Gasteiger charge is 2.20. The standard InChI is InChI=1S/C20H23FN2O3S/c1-3-23(4-2)27(25,26)19-12-7-16(8-13-19)9-14-20(24)22-15-17-5-10-18(21)11-6-17/h5-14H,3-4,15H2,1-2H3,(H,22,24)/b14-9+. The third kappa shape index (κ3) is 5.74. The quantitative estimate of drug-likeness (QED) is 0.704. The van der Waals surface area contributed by atoms with Crippen LogP contribution in [0.25, 0.3) is 6.08 Å². The van der Waals surface area contributed by atoms with E-state index < -0.39 is 10.0 Å². The molecule has 0 saturated heterocycles. The molecule has 0 aliphatic rings. The molecule has 0 fully saturated rings.